The predicted octanol–water partition coefficient (Wildman–Crippen LogP) is 7.29. The molecule has 0 saturated carbocycles. The van der Waals surface area contributed by atoms with Crippen molar-refractivity contribution in [2.75, 3.05) is 0 Å². The molecule has 0 radical (unpaired) electrons. The Morgan fingerprint density at radius 1 is 0.400 bits per heavy atom. The summed E-state index contributed by atoms with van der Waals surface area (Å²) in [7, 11) is 0. The van der Waals surface area contributed by atoms with Crippen LogP contribution < -0.4 is 0 Å². The average molecular weight is 285 g/mol. The van der Waals surface area contributed by atoms with Crippen molar-refractivity contribution in [2.24, 2.45) is 40.4 Å². The Morgan fingerprint density at radius 3 is 0.600 bits per heavy atom. The van der Waals surface area contributed by atoms with E-state index >= 15 is 0 Å². The van der Waals surface area contributed by atoms with Gasteiger partial charge < -0.3 is 0 Å². The number of rotatable bonds is 5. The Bertz CT molecular complexity index is 209. The molecule has 0 heterocycles. The Balaban J connectivity index is 0. The van der Waals surface area contributed by atoms with Gasteiger partial charge in [-0.25, -0.2) is 0 Å². The van der Waals surface area contributed by atoms with E-state index in [4.69, 9.17) is 0 Å². The molecule has 0 heteroatoms. The van der Waals surface area contributed by atoms with Gasteiger partial charge in [-0.3, -0.25) is 0 Å². The molecule has 20 heavy (non-hydrogen) atoms. The van der Waals surface area contributed by atoms with Gasteiger partial charge in [0.15, 0.2) is 0 Å². The molecule has 0 bridgehead atoms. The third-order valence-electron chi connectivity index (χ3n) is 6.71. The lowest BCUT2D eigenvalue weighted by atomic mass is 9.64. The summed E-state index contributed by atoms with van der Waals surface area (Å²) in [6, 6.07) is 0. The molecule has 0 aromatic carbocycles. The summed E-state index contributed by atoms with van der Waals surface area (Å²) >= 11 is 0. The Kier molecular flexibility index (Phi) is 9.41. The highest BCUT2D eigenvalue weighted by molar-refractivity contribution is 4.83. The summed E-state index contributed by atoms with van der Waals surface area (Å²) in [6.07, 6.45) is 0. The van der Waals surface area contributed by atoms with Gasteiger partial charge in [0.1, 0.15) is 0 Å². The minimum atomic E-state index is 0.500. The quantitative estimate of drug-likeness (QED) is 0.497. The zero-order chi connectivity index (χ0) is 16.9. The zero-order valence-corrected chi connectivity index (χ0v) is 16.9. The molecule has 0 nitrogen and oxygen atoms in total. The highest BCUT2D eigenvalue weighted by Crippen LogP contribution is 2.41. The molecule has 0 spiro atoms. The molecule has 0 aliphatic rings. The van der Waals surface area contributed by atoms with Crippen LogP contribution in [0, 0.1) is 40.4 Å². The van der Waals surface area contributed by atoms with Crippen LogP contribution in [0.15, 0.2) is 0 Å². The fourth-order valence-electron chi connectivity index (χ4n) is 2.67. The van der Waals surface area contributed by atoms with Crippen molar-refractivity contribution in [3.05, 3.63) is 0 Å². The molecule has 0 atom stereocenters. The molecule has 0 N–H and O–H groups in total. The molecule has 0 aromatic heterocycles. The molecule has 0 aliphatic carbocycles. The second-order valence-corrected chi connectivity index (χ2v) is 8.96. The summed E-state index contributed by atoms with van der Waals surface area (Å²) < 4.78 is 0. The second kappa shape index (κ2) is 8.44. The molecule has 0 saturated heterocycles. The molecule has 0 aromatic rings. The van der Waals surface area contributed by atoms with Crippen molar-refractivity contribution >= 4 is 0 Å². The normalized spacial score (nSPS) is 13.5. The first-order valence-corrected chi connectivity index (χ1v) is 8.72. The van der Waals surface area contributed by atoms with Crippen molar-refractivity contribution in [1.29, 1.82) is 0 Å². The molecule has 0 unspecified atom stereocenters. The highest BCUT2D eigenvalue weighted by Gasteiger charge is 2.34. The van der Waals surface area contributed by atoms with Crippen molar-refractivity contribution in [2.45, 2.75) is 90.0 Å². The molecular weight excluding hydrogens is 240 g/mol. The van der Waals surface area contributed by atoms with Crippen LogP contribution in [0.1, 0.15) is 90.0 Å². The van der Waals surface area contributed by atoms with E-state index in [1.165, 1.54) is 0 Å². The first kappa shape index (κ1) is 22.3. The van der Waals surface area contributed by atoms with Gasteiger partial charge in [0.05, 0.1) is 0 Å². The standard InChI is InChI=1S/C11H24.C9H20/c1-8(2)11(7,9(3)4)10(5)6;1-7(2)9(5,6)8(3)4/h8-10H,1-7H3;7-8H,1-6H3. The molecule has 0 fully saturated rings. The van der Waals surface area contributed by atoms with Gasteiger partial charge in [0, 0.05) is 0 Å². The fraction of sp³-hybridized carbons (Fsp3) is 1.00. The zero-order valence-electron chi connectivity index (χ0n) is 16.9. The fourth-order valence-corrected chi connectivity index (χ4v) is 2.67. The van der Waals surface area contributed by atoms with Crippen molar-refractivity contribution < 1.29 is 0 Å². The van der Waals surface area contributed by atoms with Crippen LogP contribution in [-0.2, 0) is 0 Å². The van der Waals surface area contributed by atoms with E-state index in [0.717, 1.165) is 29.6 Å². The van der Waals surface area contributed by atoms with E-state index in [0.29, 0.717) is 10.8 Å². The molecule has 0 aliphatic heterocycles. The van der Waals surface area contributed by atoms with Gasteiger partial charge >= 0.3 is 0 Å². The third kappa shape index (κ3) is 5.78. The Morgan fingerprint density at radius 2 is 0.600 bits per heavy atom. The van der Waals surface area contributed by atoms with Crippen molar-refractivity contribution in [1.82, 2.24) is 0 Å². The lowest BCUT2D eigenvalue weighted by Gasteiger charge is -2.41. The lowest BCUT2D eigenvalue weighted by Crippen LogP contribution is -2.34. The smallest absolute Gasteiger partial charge is 0.0257 e. The molecule has 0 rings (SSSR count). The Labute approximate surface area is 131 Å². The van der Waals surface area contributed by atoms with E-state index < -0.39 is 0 Å². The highest BCUT2D eigenvalue weighted by atomic mass is 14.4. The van der Waals surface area contributed by atoms with E-state index in [9.17, 15) is 0 Å². The van der Waals surface area contributed by atoms with Crippen LogP contribution >= 0.6 is 0 Å². The van der Waals surface area contributed by atoms with Crippen LogP contribution in [0.3, 0.4) is 0 Å². The summed E-state index contributed by atoms with van der Waals surface area (Å²) in [5.41, 5.74) is 1.00. The van der Waals surface area contributed by atoms with Crippen LogP contribution in [-0.4, -0.2) is 0 Å². The minimum absolute atomic E-state index is 0.500. The minimum Gasteiger partial charge on any atom is -0.0623 e. The molecule has 124 valence electrons. The summed E-state index contributed by atoms with van der Waals surface area (Å²) in [5.74, 6) is 3.92. The molecule has 0 amide bonds. The number of hydrogen-bond acceptors (Lipinski definition) is 0. The lowest BCUT2D eigenvalue weighted by molar-refractivity contribution is 0.0732. The summed E-state index contributed by atoms with van der Waals surface area (Å²) in [4.78, 5) is 0. The first-order chi connectivity index (χ1) is 8.72. The van der Waals surface area contributed by atoms with Gasteiger partial charge in [-0.2, -0.15) is 0 Å². The Hall–Kier alpha value is 0. The van der Waals surface area contributed by atoms with E-state index in [1.54, 1.807) is 0 Å². The molecular formula is C20H44. The summed E-state index contributed by atoms with van der Waals surface area (Å²) in [6.45, 7) is 30.2. The third-order valence-corrected chi connectivity index (χ3v) is 6.71. The maximum atomic E-state index is 2.41. The van der Waals surface area contributed by atoms with Crippen molar-refractivity contribution in [3.8, 4) is 0 Å². The van der Waals surface area contributed by atoms with E-state index in [2.05, 4.69) is 90.0 Å². The topological polar surface area (TPSA) is 0 Å². The van der Waals surface area contributed by atoms with Gasteiger partial charge in [-0.15, -0.1) is 0 Å². The number of hydrogen-bond donors (Lipinski definition) is 0. The summed E-state index contributed by atoms with van der Waals surface area (Å²) in [5, 5.41) is 0. The van der Waals surface area contributed by atoms with Gasteiger partial charge in [0.2, 0.25) is 0 Å². The first-order valence-electron chi connectivity index (χ1n) is 8.72. The second-order valence-electron chi connectivity index (χ2n) is 8.96. The maximum absolute atomic E-state index is 2.41. The van der Waals surface area contributed by atoms with Crippen LogP contribution in [0.2, 0.25) is 0 Å². The van der Waals surface area contributed by atoms with Crippen LogP contribution in [0.5, 0.6) is 0 Å². The van der Waals surface area contributed by atoms with Crippen molar-refractivity contribution in [3.63, 3.8) is 0 Å². The maximum Gasteiger partial charge on any atom is -0.0257 e. The average Bonchev–Trinajstić information content (AvgIpc) is 2.27. The van der Waals surface area contributed by atoms with Gasteiger partial charge in [-0.05, 0) is 40.4 Å². The van der Waals surface area contributed by atoms with Gasteiger partial charge in [0.25, 0.3) is 0 Å². The predicted molar refractivity (Wildman–Crippen MR) is 96.1 cm³/mol. The van der Waals surface area contributed by atoms with E-state index in [-0.39, 0.29) is 0 Å². The van der Waals surface area contributed by atoms with Gasteiger partial charge in [-0.1, -0.05) is 90.0 Å². The van der Waals surface area contributed by atoms with Crippen LogP contribution in [0.25, 0.3) is 0 Å². The largest absolute Gasteiger partial charge is 0.0623 e. The monoisotopic (exact) mass is 284 g/mol. The van der Waals surface area contributed by atoms with E-state index in [1.807, 2.05) is 0 Å². The van der Waals surface area contributed by atoms with Crippen LogP contribution in [0.4, 0.5) is 0 Å². The SMILES string of the molecule is CC(C)C(C)(C(C)C)C(C)C.CC(C)C(C)(C)C(C)C.